The van der Waals surface area contributed by atoms with Crippen molar-refractivity contribution in [3.63, 3.8) is 0 Å². The standard InChI is InChI=1S/C14H20N4O/c1-9-5-11(8-14(3,4)7-9)17-18-13-15-10(2)6-12(19)16-13/h5-6H,7-8H2,1-4H3,(H2,15,16,18,19). The average Bonchev–Trinajstić information content (AvgIpc) is 2.22. The lowest BCUT2D eigenvalue weighted by atomic mass is 9.77. The Labute approximate surface area is 112 Å². The fourth-order valence-electron chi connectivity index (χ4n) is 2.52. The number of aromatic amines is 1. The van der Waals surface area contributed by atoms with Gasteiger partial charge in [0.2, 0.25) is 5.95 Å². The van der Waals surface area contributed by atoms with Gasteiger partial charge in [0, 0.05) is 11.8 Å². The van der Waals surface area contributed by atoms with Gasteiger partial charge in [-0.1, -0.05) is 19.4 Å². The summed E-state index contributed by atoms with van der Waals surface area (Å²) in [7, 11) is 0. The minimum atomic E-state index is -0.175. The van der Waals surface area contributed by atoms with Gasteiger partial charge in [-0.15, -0.1) is 0 Å². The van der Waals surface area contributed by atoms with Gasteiger partial charge in [0.25, 0.3) is 5.56 Å². The van der Waals surface area contributed by atoms with Crippen LogP contribution in [0.15, 0.2) is 27.6 Å². The summed E-state index contributed by atoms with van der Waals surface area (Å²) in [5, 5.41) is 4.34. The fraction of sp³-hybridized carbons (Fsp3) is 0.500. The van der Waals surface area contributed by atoms with Crippen molar-refractivity contribution in [3.8, 4) is 0 Å². The van der Waals surface area contributed by atoms with Crippen LogP contribution in [0.3, 0.4) is 0 Å². The number of anilines is 1. The molecular formula is C14H20N4O. The van der Waals surface area contributed by atoms with E-state index >= 15 is 0 Å². The van der Waals surface area contributed by atoms with Crippen LogP contribution in [0, 0.1) is 12.3 Å². The number of rotatable bonds is 2. The molecule has 0 fully saturated rings. The van der Waals surface area contributed by atoms with Crippen LogP contribution in [0.5, 0.6) is 0 Å². The van der Waals surface area contributed by atoms with E-state index in [9.17, 15) is 4.79 Å². The van der Waals surface area contributed by atoms with Gasteiger partial charge in [0.15, 0.2) is 0 Å². The number of H-pyrrole nitrogens is 1. The van der Waals surface area contributed by atoms with E-state index in [0.29, 0.717) is 11.6 Å². The summed E-state index contributed by atoms with van der Waals surface area (Å²) in [5.41, 5.74) is 5.86. The molecule has 0 aromatic carbocycles. The number of allylic oxidation sites excluding steroid dienone is 2. The Balaban J connectivity index is 2.18. The monoisotopic (exact) mass is 260 g/mol. The number of aryl methyl sites for hydroxylation is 1. The molecule has 0 radical (unpaired) electrons. The third-order valence-electron chi connectivity index (χ3n) is 3.01. The van der Waals surface area contributed by atoms with Crippen LogP contribution >= 0.6 is 0 Å². The lowest BCUT2D eigenvalue weighted by molar-refractivity contribution is 0.373. The Morgan fingerprint density at radius 1 is 1.37 bits per heavy atom. The van der Waals surface area contributed by atoms with E-state index in [1.54, 1.807) is 6.92 Å². The molecule has 2 rings (SSSR count). The maximum atomic E-state index is 11.3. The van der Waals surface area contributed by atoms with Crippen LogP contribution in [-0.4, -0.2) is 15.7 Å². The van der Waals surface area contributed by atoms with Gasteiger partial charge in [-0.05, 0) is 38.2 Å². The number of hydrazone groups is 1. The predicted octanol–water partition coefficient (Wildman–Crippen LogP) is 2.61. The molecule has 19 heavy (non-hydrogen) atoms. The van der Waals surface area contributed by atoms with E-state index in [2.05, 4.69) is 47.3 Å². The summed E-state index contributed by atoms with van der Waals surface area (Å²) < 4.78 is 0. The smallest absolute Gasteiger partial charge is 0.252 e. The summed E-state index contributed by atoms with van der Waals surface area (Å²) in [6, 6.07) is 1.45. The molecule has 0 saturated heterocycles. The average molecular weight is 260 g/mol. The lowest BCUT2D eigenvalue weighted by Gasteiger charge is -2.29. The van der Waals surface area contributed by atoms with E-state index < -0.39 is 0 Å². The fourth-order valence-corrected chi connectivity index (χ4v) is 2.52. The molecular weight excluding hydrogens is 240 g/mol. The summed E-state index contributed by atoms with van der Waals surface area (Å²) in [5.74, 6) is 0.381. The molecule has 1 aliphatic carbocycles. The molecule has 2 N–H and O–H groups in total. The Morgan fingerprint density at radius 2 is 2.11 bits per heavy atom. The second-order valence-electron chi connectivity index (χ2n) is 5.96. The molecule has 1 aromatic heterocycles. The number of hydrogen-bond acceptors (Lipinski definition) is 4. The first-order chi connectivity index (χ1) is 8.84. The van der Waals surface area contributed by atoms with Crippen molar-refractivity contribution in [2.75, 3.05) is 5.43 Å². The molecule has 5 heteroatoms. The highest BCUT2D eigenvalue weighted by Crippen LogP contribution is 2.33. The third kappa shape index (κ3) is 3.77. The number of nitrogens with one attached hydrogen (secondary N) is 2. The first-order valence-electron chi connectivity index (χ1n) is 6.42. The van der Waals surface area contributed by atoms with Crippen LogP contribution in [0.25, 0.3) is 0 Å². The lowest BCUT2D eigenvalue weighted by Crippen LogP contribution is -2.22. The van der Waals surface area contributed by atoms with Crippen molar-refractivity contribution in [3.05, 3.63) is 33.8 Å². The Kier molecular flexibility index (Phi) is 3.55. The summed E-state index contributed by atoms with van der Waals surface area (Å²) in [4.78, 5) is 18.1. The zero-order valence-electron chi connectivity index (χ0n) is 11.9. The first-order valence-corrected chi connectivity index (χ1v) is 6.42. The summed E-state index contributed by atoms with van der Waals surface area (Å²) >= 11 is 0. The molecule has 1 aliphatic rings. The summed E-state index contributed by atoms with van der Waals surface area (Å²) in [6.07, 6.45) is 4.09. The molecule has 0 atom stereocenters. The summed E-state index contributed by atoms with van der Waals surface area (Å²) in [6.45, 7) is 8.35. The van der Waals surface area contributed by atoms with Gasteiger partial charge in [0.05, 0.1) is 5.71 Å². The second kappa shape index (κ2) is 4.99. The first kappa shape index (κ1) is 13.5. The van der Waals surface area contributed by atoms with E-state index in [0.717, 1.165) is 18.6 Å². The van der Waals surface area contributed by atoms with E-state index in [4.69, 9.17) is 0 Å². The predicted molar refractivity (Wildman–Crippen MR) is 77.4 cm³/mol. The van der Waals surface area contributed by atoms with Crippen molar-refractivity contribution < 1.29 is 0 Å². The minimum absolute atomic E-state index is 0.175. The topological polar surface area (TPSA) is 70.1 Å². The van der Waals surface area contributed by atoms with Crippen molar-refractivity contribution in [1.29, 1.82) is 0 Å². The number of nitrogens with zero attached hydrogens (tertiary/aromatic N) is 2. The zero-order valence-corrected chi connectivity index (χ0v) is 11.9. The normalized spacial score (nSPS) is 20.2. The molecule has 0 saturated carbocycles. The van der Waals surface area contributed by atoms with Crippen molar-refractivity contribution >= 4 is 11.7 Å². The van der Waals surface area contributed by atoms with E-state index in [1.165, 1.54) is 11.6 Å². The Morgan fingerprint density at radius 3 is 2.74 bits per heavy atom. The molecule has 0 bridgehead atoms. The van der Waals surface area contributed by atoms with Gasteiger partial charge >= 0.3 is 0 Å². The molecule has 102 valence electrons. The van der Waals surface area contributed by atoms with Crippen molar-refractivity contribution in [1.82, 2.24) is 9.97 Å². The van der Waals surface area contributed by atoms with Crippen LogP contribution in [0.2, 0.25) is 0 Å². The maximum absolute atomic E-state index is 11.3. The van der Waals surface area contributed by atoms with Gasteiger partial charge in [0.1, 0.15) is 0 Å². The van der Waals surface area contributed by atoms with Crippen LogP contribution in [0.1, 0.15) is 39.3 Å². The molecule has 0 unspecified atom stereocenters. The SMILES string of the molecule is CC1=CC(=NNc2nc(C)cc(=O)[nH]2)CC(C)(C)C1. The molecule has 5 nitrogen and oxygen atoms in total. The Hall–Kier alpha value is -1.91. The molecule has 0 amide bonds. The van der Waals surface area contributed by atoms with Crippen LogP contribution < -0.4 is 11.0 Å². The third-order valence-corrected chi connectivity index (χ3v) is 3.01. The largest absolute Gasteiger partial charge is 0.291 e. The molecule has 1 heterocycles. The highest BCUT2D eigenvalue weighted by Gasteiger charge is 2.24. The van der Waals surface area contributed by atoms with Crippen LogP contribution in [-0.2, 0) is 0 Å². The van der Waals surface area contributed by atoms with Gasteiger partial charge in [-0.3, -0.25) is 9.78 Å². The highest BCUT2D eigenvalue weighted by atomic mass is 16.1. The van der Waals surface area contributed by atoms with E-state index in [1.807, 2.05) is 0 Å². The highest BCUT2D eigenvalue weighted by molar-refractivity contribution is 5.97. The zero-order chi connectivity index (χ0) is 14.0. The number of aromatic nitrogens is 2. The van der Waals surface area contributed by atoms with Gasteiger partial charge in [-0.25, -0.2) is 10.4 Å². The maximum Gasteiger partial charge on any atom is 0.252 e. The molecule has 1 aromatic rings. The van der Waals surface area contributed by atoms with Gasteiger partial charge in [-0.2, -0.15) is 5.10 Å². The van der Waals surface area contributed by atoms with Crippen LogP contribution in [0.4, 0.5) is 5.95 Å². The van der Waals surface area contributed by atoms with Gasteiger partial charge < -0.3 is 0 Å². The van der Waals surface area contributed by atoms with Crippen molar-refractivity contribution in [2.24, 2.45) is 10.5 Å². The Bertz CT molecular complexity index is 596. The molecule has 0 spiro atoms. The molecule has 0 aliphatic heterocycles. The quantitative estimate of drug-likeness (QED) is 0.803. The van der Waals surface area contributed by atoms with Crippen molar-refractivity contribution in [2.45, 2.75) is 40.5 Å². The minimum Gasteiger partial charge on any atom is -0.291 e. The second-order valence-corrected chi connectivity index (χ2v) is 5.96. The number of hydrogen-bond donors (Lipinski definition) is 2. The van der Waals surface area contributed by atoms with E-state index in [-0.39, 0.29) is 11.0 Å².